The maximum absolute atomic E-state index is 13.6. The minimum atomic E-state index is -0.326. The van der Waals surface area contributed by atoms with E-state index in [-0.39, 0.29) is 5.82 Å². The van der Waals surface area contributed by atoms with E-state index in [0.717, 1.165) is 10.2 Å². The van der Waals surface area contributed by atoms with Crippen LogP contribution in [0.4, 0.5) is 10.1 Å². The van der Waals surface area contributed by atoms with Gasteiger partial charge in [0.15, 0.2) is 0 Å². The molecule has 18 heavy (non-hydrogen) atoms. The van der Waals surface area contributed by atoms with Gasteiger partial charge in [0.1, 0.15) is 5.82 Å². The van der Waals surface area contributed by atoms with Crippen LogP contribution in [0.25, 0.3) is 0 Å². The summed E-state index contributed by atoms with van der Waals surface area (Å²) in [4.78, 5) is 0. The Morgan fingerprint density at radius 2 is 1.94 bits per heavy atom. The lowest BCUT2D eigenvalue weighted by atomic mass is 10.2. The van der Waals surface area contributed by atoms with Crippen molar-refractivity contribution in [2.75, 3.05) is 5.32 Å². The second-order valence-corrected chi connectivity index (χ2v) is 5.33. The van der Waals surface area contributed by atoms with Gasteiger partial charge in [0.25, 0.3) is 0 Å². The van der Waals surface area contributed by atoms with E-state index in [1.807, 2.05) is 12.1 Å². The summed E-state index contributed by atoms with van der Waals surface area (Å²) in [6.45, 7) is 0.363. The van der Waals surface area contributed by atoms with Crippen LogP contribution in [0.3, 0.4) is 0 Å². The Morgan fingerprint density at radius 1 is 1.17 bits per heavy atom. The Bertz CT molecular complexity index is 575. The summed E-state index contributed by atoms with van der Waals surface area (Å²) in [7, 11) is 0. The van der Waals surface area contributed by atoms with Crippen LogP contribution in [0.5, 0.6) is 0 Å². The van der Waals surface area contributed by atoms with Crippen LogP contribution in [-0.2, 0) is 6.54 Å². The molecule has 0 bridgehead atoms. The molecule has 1 N–H and O–H groups in total. The first kappa shape index (κ1) is 13.7. The third-order valence-corrected chi connectivity index (χ3v) is 4.07. The monoisotopic (exact) mass is 347 g/mol. The molecule has 0 heterocycles. The molecule has 0 atom stereocenters. The number of hydrogen-bond donors (Lipinski definition) is 1. The van der Waals surface area contributed by atoms with Crippen LogP contribution in [0.2, 0.25) is 10.0 Å². The van der Waals surface area contributed by atoms with E-state index in [0.29, 0.717) is 22.2 Å². The molecule has 0 unspecified atom stereocenters. The van der Waals surface area contributed by atoms with Crippen molar-refractivity contribution in [3.05, 3.63) is 62.3 Å². The maximum Gasteiger partial charge on any atom is 0.129 e. The third kappa shape index (κ3) is 3.16. The highest BCUT2D eigenvalue weighted by atomic mass is 79.9. The van der Waals surface area contributed by atoms with Gasteiger partial charge in [-0.15, -0.1) is 0 Å². The van der Waals surface area contributed by atoms with Crippen molar-refractivity contribution in [2.24, 2.45) is 0 Å². The first-order valence-corrected chi connectivity index (χ1v) is 6.74. The van der Waals surface area contributed by atoms with Crippen molar-refractivity contribution in [1.29, 1.82) is 0 Å². The van der Waals surface area contributed by atoms with Gasteiger partial charge >= 0.3 is 0 Å². The molecule has 0 saturated carbocycles. The van der Waals surface area contributed by atoms with E-state index in [1.54, 1.807) is 18.2 Å². The molecule has 94 valence electrons. The summed E-state index contributed by atoms with van der Waals surface area (Å²) in [5.41, 5.74) is 1.36. The summed E-state index contributed by atoms with van der Waals surface area (Å²) in [5, 5.41) is 4.11. The highest BCUT2D eigenvalue weighted by molar-refractivity contribution is 9.10. The Kier molecular flexibility index (Phi) is 4.49. The molecule has 1 nitrogen and oxygen atoms in total. The second kappa shape index (κ2) is 5.91. The summed E-state index contributed by atoms with van der Waals surface area (Å²) in [5.74, 6) is -0.326. The maximum atomic E-state index is 13.6. The van der Waals surface area contributed by atoms with Gasteiger partial charge < -0.3 is 5.32 Å². The lowest BCUT2D eigenvalue weighted by Gasteiger charge is -2.10. The van der Waals surface area contributed by atoms with E-state index < -0.39 is 0 Å². The van der Waals surface area contributed by atoms with Gasteiger partial charge in [-0.3, -0.25) is 0 Å². The molecule has 0 aliphatic heterocycles. The SMILES string of the molecule is Fc1cc(Cl)ccc1CNc1cccc(Cl)c1Br. The highest BCUT2D eigenvalue weighted by Crippen LogP contribution is 2.30. The molecule has 0 aromatic heterocycles. The van der Waals surface area contributed by atoms with E-state index in [4.69, 9.17) is 23.2 Å². The van der Waals surface area contributed by atoms with Crippen molar-refractivity contribution >= 4 is 44.8 Å². The zero-order valence-corrected chi connectivity index (χ0v) is 12.3. The Labute approximate surface area is 123 Å². The molecular formula is C13H9BrCl2FN. The fourth-order valence-electron chi connectivity index (χ4n) is 1.50. The molecule has 2 rings (SSSR count). The minimum absolute atomic E-state index is 0.326. The fourth-order valence-corrected chi connectivity index (χ4v) is 2.23. The molecule has 0 aliphatic carbocycles. The van der Waals surface area contributed by atoms with Crippen LogP contribution in [0.15, 0.2) is 40.9 Å². The number of nitrogens with one attached hydrogen (secondary N) is 1. The molecule has 0 saturated heterocycles. The van der Waals surface area contributed by atoms with Crippen molar-refractivity contribution in [1.82, 2.24) is 0 Å². The van der Waals surface area contributed by atoms with E-state index >= 15 is 0 Å². The van der Waals surface area contributed by atoms with Crippen LogP contribution < -0.4 is 5.32 Å². The molecule has 0 spiro atoms. The predicted octanol–water partition coefficient (Wildman–Crippen LogP) is 5.51. The lowest BCUT2D eigenvalue weighted by Crippen LogP contribution is -2.02. The number of benzene rings is 2. The summed E-state index contributed by atoms with van der Waals surface area (Å²) in [6, 6.07) is 10.1. The van der Waals surface area contributed by atoms with Gasteiger partial charge in [0.2, 0.25) is 0 Å². The van der Waals surface area contributed by atoms with Gasteiger partial charge in [-0.05, 0) is 40.2 Å². The van der Waals surface area contributed by atoms with Gasteiger partial charge in [0.05, 0.1) is 15.2 Å². The van der Waals surface area contributed by atoms with Crippen molar-refractivity contribution in [3.63, 3.8) is 0 Å². The van der Waals surface area contributed by atoms with Gasteiger partial charge in [0, 0.05) is 17.1 Å². The minimum Gasteiger partial charge on any atom is -0.380 e. The lowest BCUT2D eigenvalue weighted by molar-refractivity contribution is 0.613. The molecule has 0 radical (unpaired) electrons. The average Bonchev–Trinajstić information content (AvgIpc) is 2.33. The van der Waals surface area contributed by atoms with Crippen LogP contribution >= 0.6 is 39.1 Å². The molecule has 5 heteroatoms. The topological polar surface area (TPSA) is 12.0 Å². The van der Waals surface area contributed by atoms with Crippen LogP contribution in [-0.4, -0.2) is 0 Å². The highest BCUT2D eigenvalue weighted by Gasteiger charge is 2.06. The fraction of sp³-hybridized carbons (Fsp3) is 0.0769. The van der Waals surface area contributed by atoms with Crippen molar-refractivity contribution in [3.8, 4) is 0 Å². The zero-order chi connectivity index (χ0) is 13.1. The Hall–Kier alpha value is -0.770. The quantitative estimate of drug-likeness (QED) is 0.771. The molecule has 0 aliphatic rings. The zero-order valence-electron chi connectivity index (χ0n) is 9.18. The number of halogens is 4. The molecule has 0 amide bonds. The summed E-state index contributed by atoms with van der Waals surface area (Å²) < 4.78 is 14.3. The van der Waals surface area contributed by atoms with Crippen molar-refractivity contribution < 1.29 is 4.39 Å². The first-order chi connectivity index (χ1) is 8.58. The first-order valence-electron chi connectivity index (χ1n) is 5.20. The van der Waals surface area contributed by atoms with Crippen LogP contribution in [0.1, 0.15) is 5.56 Å². The smallest absolute Gasteiger partial charge is 0.129 e. The molecule has 0 fully saturated rings. The Balaban J connectivity index is 2.14. The largest absolute Gasteiger partial charge is 0.380 e. The Morgan fingerprint density at radius 3 is 2.67 bits per heavy atom. The predicted molar refractivity (Wildman–Crippen MR) is 77.9 cm³/mol. The summed E-state index contributed by atoms with van der Waals surface area (Å²) in [6.07, 6.45) is 0. The van der Waals surface area contributed by atoms with E-state index in [9.17, 15) is 4.39 Å². The standard InChI is InChI=1S/C13H9BrCl2FN/c14-13-10(16)2-1-3-12(13)18-7-8-4-5-9(15)6-11(8)17/h1-6,18H,7H2. The van der Waals surface area contributed by atoms with Gasteiger partial charge in [-0.1, -0.05) is 35.3 Å². The number of rotatable bonds is 3. The van der Waals surface area contributed by atoms with Gasteiger partial charge in [-0.2, -0.15) is 0 Å². The summed E-state index contributed by atoms with van der Waals surface area (Å²) >= 11 is 15.0. The normalized spacial score (nSPS) is 10.4. The van der Waals surface area contributed by atoms with Crippen molar-refractivity contribution in [2.45, 2.75) is 6.54 Å². The molecule has 2 aromatic carbocycles. The number of hydrogen-bond acceptors (Lipinski definition) is 1. The van der Waals surface area contributed by atoms with Gasteiger partial charge in [-0.25, -0.2) is 4.39 Å². The third-order valence-electron chi connectivity index (χ3n) is 2.44. The second-order valence-electron chi connectivity index (χ2n) is 3.69. The van der Waals surface area contributed by atoms with E-state index in [1.165, 1.54) is 6.07 Å². The average molecular weight is 349 g/mol. The molecule has 2 aromatic rings. The van der Waals surface area contributed by atoms with E-state index in [2.05, 4.69) is 21.2 Å². The molecular weight excluding hydrogens is 340 g/mol. The van der Waals surface area contributed by atoms with Crippen LogP contribution in [0, 0.1) is 5.82 Å². The number of anilines is 1.